The van der Waals surface area contributed by atoms with Crippen LogP contribution in [0.1, 0.15) is 46.6 Å². The second-order valence-electron chi connectivity index (χ2n) is 7.37. The van der Waals surface area contributed by atoms with E-state index in [0.29, 0.717) is 40.9 Å². The minimum Gasteiger partial charge on any atom is -0.497 e. The molecule has 1 atom stereocenters. The van der Waals surface area contributed by atoms with Crippen molar-refractivity contribution in [2.24, 2.45) is 0 Å². The van der Waals surface area contributed by atoms with Gasteiger partial charge in [-0.05, 0) is 62.6 Å². The molecule has 2 amide bonds. The smallest absolute Gasteiger partial charge is 0.257 e. The number of thiazole rings is 1. The fraction of sp³-hybridized carbons (Fsp3) is 0.292. The zero-order valence-corrected chi connectivity index (χ0v) is 18.8. The zero-order valence-electron chi connectivity index (χ0n) is 18.0. The van der Waals surface area contributed by atoms with Gasteiger partial charge in [-0.2, -0.15) is 0 Å². The number of hydrogen-bond acceptors (Lipinski definition) is 6. The van der Waals surface area contributed by atoms with Gasteiger partial charge < -0.3 is 14.8 Å². The summed E-state index contributed by atoms with van der Waals surface area (Å²) in [6.07, 6.45) is 2.46. The van der Waals surface area contributed by atoms with E-state index in [1.54, 1.807) is 31.4 Å². The van der Waals surface area contributed by atoms with Crippen LogP contribution in [0.4, 0.5) is 10.8 Å². The number of nitrogens with one attached hydrogen (secondary N) is 2. The van der Waals surface area contributed by atoms with Gasteiger partial charge in [0.1, 0.15) is 11.5 Å². The van der Waals surface area contributed by atoms with Crippen molar-refractivity contribution in [1.29, 1.82) is 0 Å². The molecule has 7 nitrogen and oxygen atoms in total. The molecule has 0 aliphatic heterocycles. The second-order valence-corrected chi connectivity index (χ2v) is 8.46. The molecule has 166 valence electrons. The Hall–Kier alpha value is -3.39. The van der Waals surface area contributed by atoms with Crippen LogP contribution in [-0.2, 0) is 11.2 Å². The number of carbonyl (C=O) groups excluding carboxylic acids is 2. The van der Waals surface area contributed by atoms with Gasteiger partial charge in [0.15, 0.2) is 5.13 Å². The highest BCUT2D eigenvalue weighted by Crippen LogP contribution is 2.38. The quantitative estimate of drug-likeness (QED) is 0.535. The van der Waals surface area contributed by atoms with Crippen molar-refractivity contribution in [3.63, 3.8) is 0 Å². The predicted molar refractivity (Wildman–Crippen MR) is 125 cm³/mol. The van der Waals surface area contributed by atoms with Crippen LogP contribution in [0.15, 0.2) is 48.5 Å². The Morgan fingerprint density at radius 2 is 1.91 bits per heavy atom. The van der Waals surface area contributed by atoms with E-state index in [-0.39, 0.29) is 17.7 Å². The van der Waals surface area contributed by atoms with Crippen molar-refractivity contribution in [3.8, 4) is 11.5 Å². The average molecular weight is 452 g/mol. The average Bonchev–Trinajstić information content (AvgIpc) is 3.23. The minimum atomic E-state index is -0.365. The van der Waals surface area contributed by atoms with Crippen molar-refractivity contribution in [2.75, 3.05) is 24.4 Å². The Morgan fingerprint density at radius 1 is 1.12 bits per heavy atom. The molecular formula is C24H25N3O4S. The summed E-state index contributed by atoms with van der Waals surface area (Å²) in [5, 5.41) is 6.36. The summed E-state index contributed by atoms with van der Waals surface area (Å²) >= 11 is 1.43. The number of benzene rings is 2. The zero-order chi connectivity index (χ0) is 22.5. The third-order valence-corrected chi connectivity index (χ3v) is 6.33. The van der Waals surface area contributed by atoms with Gasteiger partial charge in [-0.3, -0.25) is 14.9 Å². The maximum absolute atomic E-state index is 13.1. The van der Waals surface area contributed by atoms with Crippen molar-refractivity contribution in [2.45, 2.75) is 32.1 Å². The van der Waals surface area contributed by atoms with E-state index in [0.717, 1.165) is 23.4 Å². The number of hydrogen-bond donors (Lipinski definition) is 2. The molecule has 0 saturated heterocycles. The number of ether oxygens (including phenoxy) is 2. The second kappa shape index (κ2) is 9.82. The summed E-state index contributed by atoms with van der Waals surface area (Å²) in [6, 6.07) is 14.3. The van der Waals surface area contributed by atoms with Crippen LogP contribution in [0.25, 0.3) is 0 Å². The number of carbonyl (C=O) groups is 2. The number of rotatable bonds is 7. The van der Waals surface area contributed by atoms with Crippen LogP contribution in [0.5, 0.6) is 11.5 Å². The van der Waals surface area contributed by atoms with Gasteiger partial charge in [-0.1, -0.05) is 12.1 Å². The number of methoxy groups -OCH3 is 1. The summed E-state index contributed by atoms with van der Waals surface area (Å²) in [5.41, 5.74) is 1.91. The Kier molecular flexibility index (Phi) is 6.70. The fourth-order valence-electron chi connectivity index (χ4n) is 3.71. The summed E-state index contributed by atoms with van der Waals surface area (Å²) in [4.78, 5) is 31.4. The molecule has 1 aliphatic rings. The van der Waals surface area contributed by atoms with Gasteiger partial charge in [0.25, 0.3) is 5.91 Å². The molecule has 0 saturated carbocycles. The van der Waals surface area contributed by atoms with Crippen molar-refractivity contribution < 1.29 is 19.1 Å². The first-order valence-electron chi connectivity index (χ1n) is 10.6. The van der Waals surface area contributed by atoms with Gasteiger partial charge in [0.2, 0.25) is 5.91 Å². The first-order chi connectivity index (χ1) is 15.6. The third-order valence-electron chi connectivity index (χ3n) is 5.29. The molecule has 1 heterocycles. The fourth-order valence-corrected chi connectivity index (χ4v) is 4.77. The molecule has 3 aromatic rings. The Bertz CT molecular complexity index is 1110. The molecule has 1 aromatic heterocycles. The van der Waals surface area contributed by atoms with E-state index in [4.69, 9.17) is 9.47 Å². The number of anilines is 2. The van der Waals surface area contributed by atoms with Crippen LogP contribution in [0.3, 0.4) is 0 Å². The summed E-state index contributed by atoms with van der Waals surface area (Å²) in [6.45, 7) is 2.42. The topological polar surface area (TPSA) is 89.6 Å². The number of aryl methyl sites for hydroxylation is 1. The molecule has 0 bridgehead atoms. The van der Waals surface area contributed by atoms with Gasteiger partial charge in [-0.25, -0.2) is 4.98 Å². The molecule has 4 rings (SSSR count). The van der Waals surface area contributed by atoms with Crippen molar-refractivity contribution in [1.82, 2.24) is 4.98 Å². The monoisotopic (exact) mass is 451 g/mol. The number of para-hydroxylation sites is 2. The predicted octanol–water partition coefficient (Wildman–Crippen LogP) is 4.86. The molecule has 32 heavy (non-hydrogen) atoms. The highest BCUT2D eigenvalue weighted by Gasteiger charge is 2.31. The van der Waals surface area contributed by atoms with Crippen LogP contribution in [0, 0.1) is 0 Å². The number of aromatic nitrogens is 1. The molecule has 1 unspecified atom stereocenters. The van der Waals surface area contributed by atoms with E-state index < -0.39 is 0 Å². The van der Waals surface area contributed by atoms with Gasteiger partial charge in [0, 0.05) is 10.4 Å². The van der Waals surface area contributed by atoms with Crippen molar-refractivity contribution in [3.05, 3.63) is 64.7 Å². The molecule has 2 N–H and O–H groups in total. The van der Waals surface area contributed by atoms with Gasteiger partial charge in [0.05, 0.1) is 31.0 Å². The first-order valence-corrected chi connectivity index (χ1v) is 11.4. The molecule has 8 heteroatoms. The Morgan fingerprint density at radius 3 is 2.66 bits per heavy atom. The number of fused-ring (bicyclic) bond motifs is 1. The highest BCUT2D eigenvalue weighted by atomic mass is 32.1. The standard InChI is InChI=1S/C24H25N3O4S/c1-3-31-19-9-5-4-8-18(19)25-23(29)17-7-6-10-20-21(17)26-24(32-20)27-22(28)15-11-13-16(30-2)14-12-15/h4-5,8-9,11-14,17H,3,6-7,10H2,1-2H3,(H,25,29)(H,26,27,28). The SMILES string of the molecule is CCOc1ccccc1NC(=O)C1CCCc2sc(NC(=O)c3ccc(OC)cc3)nc21. The largest absolute Gasteiger partial charge is 0.497 e. The molecular weight excluding hydrogens is 426 g/mol. The van der Waals surface area contributed by atoms with Crippen molar-refractivity contribution >= 4 is 34.0 Å². The number of amides is 2. The van der Waals surface area contributed by atoms with Gasteiger partial charge >= 0.3 is 0 Å². The van der Waals surface area contributed by atoms with Crippen LogP contribution < -0.4 is 20.1 Å². The maximum Gasteiger partial charge on any atom is 0.257 e. The summed E-state index contributed by atoms with van der Waals surface area (Å²) in [5.74, 6) is 0.606. The normalized spacial score (nSPS) is 14.9. The number of nitrogens with zero attached hydrogens (tertiary/aromatic N) is 1. The molecule has 1 aliphatic carbocycles. The van der Waals surface area contributed by atoms with E-state index in [1.807, 2.05) is 31.2 Å². The Balaban J connectivity index is 1.49. The van der Waals surface area contributed by atoms with E-state index >= 15 is 0 Å². The summed E-state index contributed by atoms with van der Waals surface area (Å²) in [7, 11) is 1.58. The molecule has 0 spiro atoms. The third kappa shape index (κ3) is 4.75. The lowest BCUT2D eigenvalue weighted by Gasteiger charge is -2.21. The minimum absolute atomic E-state index is 0.114. The van der Waals surface area contributed by atoms with Crippen LogP contribution in [0.2, 0.25) is 0 Å². The lowest BCUT2D eigenvalue weighted by Crippen LogP contribution is -2.25. The molecule has 0 radical (unpaired) electrons. The lowest BCUT2D eigenvalue weighted by atomic mass is 9.90. The summed E-state index contributed by atoms with van der Waals surface area (Å²) < 4.78 is 10.7. The molecule has 2 aromatic carbocycles. The highest BCUT2D eigenvalue weighted by molar-refractivity contribution is 7.16. The molecule has 0 fully saturated rings. The first kappa shape index (κ1) is 21.8. The van der Waals surface area contributed by atoms with E-state index in [1.165, 1.54) is 11.3 Å². The van der Waals surface area contributed by atoms with Gasteiger partial charge in [-0.15, -0.1) is 11.3 Å². The Labute approximate surface area is 190 Å². The lowest BCUT2D eigenvalue weighted by molar-refractivity contribution is -0.118. The van der Waals surface area contributed by atoms with Crippen LogP contribution in [-0.4, -0.2) is 30.5 Å². The maximum atomic E-state index is 13.1. The van der Waals surface area contributed by atoms with E-state index in [2.05, 4.69) is 15.6 Å². The van der Waals surface area contributed by atoms with Crippen LogP contribution >= 0.6 is 11.3 Å². The van der Waals surface area contributed by atoms with E-state index in [9.17, 15) is 9.59 Å².